The third kappa shape index (κ3) is 3.33. The van der Waals surface area contributed by atoms with Gasteiger partial charge in [0.25, 0.3) is 0 Å². The maximum Gasteiger partial charge on any atom is 0.341 e. The predicted molar refractivity (Wildman–Crippen MR) is 111 cm³/mol. The van der Waals surface area contributed by atoms with Crippen LogP contribution in [0.1, 0.15) is 42.6 Å². The first-order chi connectivity index (χ1) is 12.9. The van der Waals surface area contributed by atoms with Crippen molar-refractivity contribution in [3.63, 3.8) is 0 Å². The number of carboxylic acids is 1. The summed E-state index contributed by atoms with van der Waals surface area (Å²) >= 11 is 0. The lowest BCUT2D eigenvalue weighted by atomic mass is 9.93. The highest BCUT2D eigenvalue weighted by atomic mass is 35.5. The van der Waals surface area contributed by atoms with Gasteiger partial charge < -0.3 is 25.0 Å². The Morgan fingerprint density at radius 3 is 2.57 bits per heavy atom. The van der Waals surface area contributed by atoms with E-state index in [1.54, 1.807) is 13.2 Å². The minimum Gasteiger partial charge on any atom is -0.492 e. The number of nitrogens with two attached hydrogens (primary N) is 1. The van der Waals surface area contributed by atoms with E-state index in [4.69, 9.17) is 10.5 Å². The molecular formula is C20H26ClN3O4. The normalized spacial score (nSPS) is 22.0. The summed E-state index contributed by atoms with van der Waals surface area (Å²) in [6, 6.07) is 3.87. The first-order valence-electron chi connectivity index (χ1n) is 9.42. The van der Waals surface area contributed by atoms with Crippen molar-refractivity contribution in [2.75, 3.05) is 25.1 Å². The zero-order valence-corrected chi connectivity index (χ0v) is 16.9. The molecule has 1 saturated carbocycles. The summed E-state index contributed by atoms with van der Waals surface area (Å²) in [4.78, 5) is 26.5. The van der Waals surface area contributed by atoms with Gasteiger partial charge in [0.2, 0.25) is 5.43 Å². The van der Waals surface area contributed by atoms with Gasteiger partial charge >= 0.3 is 5.97 Å². The summed E-state index contributed by atoms with van der Waals surface area (Å²) in [7, 11) is 1.59. The molecule has 2 aromatic rings. The minimum atomic E-state index is -1.20. The molecule has 0 radical (unpaired) electrons. The first kappa shape index (κ1) is 20.5. The summed E-state index contributed by atoms with van der Waals surface area (Å²) in [6.07, 6.45) is 4.41. The molecule has 1 saturated heterocycles. The van der Waals surface area contributed by atoms with Gasteiger partial charge in [-0.3, -0.25) is 4.79 Å². The number of halogens is 1. The van der Waals surface area contributed by atoms with Crippen molar-refractivity contribution in [1.29, 1.82) is 0 Å². The van der Waals surface area contributed by atoms with E-state index in [1.807, 2.05) is 10.6 Å². The molecule has 1 aromatic carbocycles. The zero-order valence-electron chi connectivity index (χ0n) is 16.1. The molecule has 7 nitrogen and oxygen atoms in total. The van der Waals surface area contributed by atoms with Gasteiger partial charge in [-0.25, -0.2) is 4.79 Å². The fraction of sp³-hybridized carbons (Fsp3) is 0.500. The average Bonchev–Trinajstić information content (AvgIpc) is 3.48. The largest absolute Gasteiger partial charge is 0.492 e. The second-order valence-electron chi connectivity index (χ2n) is 7.71. The molecule has 8 heteroatoms. The van der Waals surface area contributed by atoms with Crippen LogP contribution < -0.4 is 20.8 Å². The van der Waals surface area contributed by atoms with E-state index in [2.05, 4.69) is 11.8 Å². The molecule has 2 aliphatic rings. The van der Waals surface area contributed by atoms with Gasteiger partial charge in [0.1, 0.15) is 5.56 Å². The van der Waals surface area contributed by atoms with Crippen molar-refractivity contribution >= 4 is 35.0 Å². The molecule has 2 fully saturated rings. The molecule has 152 valence electrons. The quantitative estimate of drug-likeness (QED) is 0.808. The van der Waals surface area contributed by atoms with Gasteiger partial charge in [-0.1, -0.05) is 6.92 Å². The van der Waals surface area contributed by atoms with Crippen LogP contribution in [0.5, 0.6) is 5.75 Å². The van der Waals surface area contributed by atoms with E-state index >= 15 is 0 Å². The number of hydrogen-bond acceptors (Lipinski definition) is 5. The Hall–Kier alpha value is -2.25. The van der Waals surface area contributed by atoms with Crippen molar-refractivity contribution in [3.05, 3.63) is 34.1 Å². The van der Waals surface area contributed by atoms with Gasteiger partial charge in [0.05, 0.1) is 23.7 Å². The molecule has 1 aliphatic heterocycles. The van der Waals surface area contributed by atoms with Crippen molar-refractivity contribution in [2.45, 2.75) is 38.3 Å². The lowest BCUT2D eigenvalue weighted by Gasteiger charge is -2.37. The Labute approximate surface area is 169 Å². The van der Waals surface area contributed by atoms with Crippen LogP contribution in [0.25, 0.3) is 10.9 Å². The topological polar surface area (TPSA) is 97.8 Å². The maximum atomic E-state index is 12.7. The van der Waals surface area contributed by atoms with Crippen molar-refractivity contribution in [2.24, 2.45) is 11.7 Å². The lowest BCUT2D eigenvalue weighted by Crippen LogP contribution is -2.47. The number of ether oxygens (including phenoxy) is 1. The molecule has 2 unspecified atom stereocenters. The van der Waals surface area contributed by atoms with Crippen LogP contribution in [0.3, 0.4) is 0 Å². The van der Waals surface area contributed by atoms with Crippen LogP contribution in [0.4, 0.5) is 5.69 Å². The van der Waals surface area contributed by atoms with E-state index in [1.165, 1.54) is 6.20 Å². The zero-order chi connectivity index (χ0) is 19.3. The molecule has 3 N–H and O–H groups in total. The second-order valence-corrected chi connectivity index (χ2v) is 7.71. The monoisotopic (exact) mass is 407 g/mol. The van der Waals surface area contributed by atoms with E-state index in [9.17, 15) is 14.7 Å². The van der Waals surface area contributed by atoms with Crippen LogP contribution in [-0.2, 0) is 0 Å². The fourth-order valence-corrected chi connectivity index (χ4v) is 3.97. The number of carbonyl (C=O) groups is 1. The van der Waals surface area contributed by atoms with Gasteiger partial charge in [-0.2, -0.15) is 0 Å². The van der Waals surface area contributed by atoms with Crippen molar-refractivity contribution < 1.29 is 14.6 Å². The Balaban J connectivity index is 0.00000225. The number of hydrogen-bond donors (Lipinski definition) is 2. The first-order valence-corrected chi connectivity index (χ1v) is 9.42. The Morgan fingerprint density at radius 1 is 1.29 bits per heavy atom. The second kappa shape index (κ2) is 7.64. The Bertz CT molecular complexity index is 970. The summed E-state index contributed by atoms with van der Waals surface area (Å²) in [5, 5.41) is 9.81. The number of methoxy groups -OCH3 is 1. The number of aromatic carboxylic acids is 1. The highest BCUT2D eigenvalue weighted by molar-refractivity contribution is 5.97. The molecular weight excluding hydrogens is 382 g/mol. The molecule has 4 rings (SSSR count). The van der Waals surface area contributed by atoms with Crippen LogP contribution in [-0.4, -0.2) is 41.9 Å². The summed E-state index contributed by atoms with van der Waals surface area (Å²) in [6.45, 7) is 3.76. The Morgan fingerprint density at radius 2 is 2.00 bits per heavy atom. The number of anilines is 1. The summed E-state index contributed by atoms with van der Waals surface area (Å²) < 4.78 is 7.67. The highest BCUT2D eigenvalue weighted by Gasteiger charge is 2.31. The van der Waals surface area contributed by atoms with Crippen molar-refractivity contribution in [1.82, 2.24) is 4.57 Å². The predicted octanol–water partition coefficient (Wildman–Crippen LogP) is 2.64. The molecule has 1 aliphatic carbocycles. The van der Waals surface area contributed by atoms with E-state index < -0.39 is 11.4 Å². The smallest absolute Gasteiger partial charge is 0.341 e. The summed E-state index contributed by atoms with van der Waals surface area (Å²) in [5.41, 5.74) is 7.19. The number of fused-ring (bicyclic) bond motifs is 1. The lowest BCUT2D eigenvalue weighted by molar-refractivity contribution is 0.0695. The van der Waals surface area contributed by atoms with Gasteiger partial charge in [0, 0.05) is 31.4 Å². The molecule has 0 bridgehead atoms. The van der Waals surface area contributed by atoms with Crippen molar-refractivity contribution in [3.8, 4) is 5.75 Å². The number of nitrogens with zero attached hydrogens (tertiary/aromatic N) is 2. The maximum absolute atomic E-state index is 12.7. The fourth-order valence-electron chi connectivity index (χ4n) is 3.97. The summed E-state index contributed by atoms with van der Waals surface area (Å²) in [5.74, 6) is -0.110. The highest BCUT2D eigenvalue weighted by Crippen LogP contribution is 2.42. The van der Waals surface area contributed by atoms with E-state index in [0.29, 0.717) is 22.6 Å². The molecule has 2 heterocycles. The van der Waals surface area contributed by atoms with E-state index in [0.717, 1.165) is 38.0 Å². The van der Waals surface area contributed by atoms with Gasteiger partial charge in [-0.15, -0.1) is 12.4 Å². The van der Waals surface area contributed by atoms with E-state index in [-0.39, 0.29) is 30.1 Å². The third-order valence-corrected chi connectivity index (χ3v) is 5.86. The van der Waals surface area contributed by atoms with Crippen LogP contribution in [0.2, 0.25) is 0 Å². The standard InChI is InChI=1S/C20H25N3O4.ClH/c1-11-7-8-22(10-15(11)21)16-6-5-13-17(19(16)27-2)23(12-3-4-12)9-14(18(13)24)20(25)26;/h5-6,9,11-12,15H,3-4,7-8,10,21H2,1-2H3,(H,25,26);1H. The SMILES string of the molecule is COc1c(N2CCC(C)C(N)C2)ccc2c(=O)c(C(=O)O)cn(C3CC3)c12.Cl. The average molecular weight is 408 g/mol. The molecule has 0 spiro atoms. The Kier molecular flexibility index (Phi) is 5.59. The van der Waals surface area contributed by atoms with Crippen LogP contribution in [0.15, 0.2) is 23.1 Å². The number of aromatic nitrogens is 1. The molecule has 1 aromatic heterocycles. The van der Waals surface area contributed by atoms with Gasteiger partial charge in [-0.05, 0) is 37.3 Å². The minimum absolute atomic E-state index is 0. The number of pyridine rings is 1. The van der Waals surface area contributed by atoms with Crippen LogP contribution >= 0.6 is 12.4 Å². The van der Waals surface area contributed by atoms with Crippen LogP contribution in [0, 0.1) is 5.92 Å². The number of rotatable bonds is 4. The number of benzene rings is 1. The third-order valence-electron chi connectivity index (χ3n) is 5.86. The number of carboxylic acid groups (broad SMARTS) is 1. The molecule has 2 atom stereocenters. The molecule has 0 amide bonds. The van der Waals surface area contributed by atoms with Gasteiger partial charge in [0.15, 0.2) is 5.75 Å². The molecule has 28 heavy (non-hydrogen) atoms. The number of piperidine rings is 1.